The molecule has 0 unspecified atom stereocenters. The lowest BCUT2D eigenvalue weighted by Gasteiger charge is -2.28. The number of aromatic nitrogens is 4. The molecular formula is C22H30N6O2. The van der Waals surface area contributed by atoms with Crippen molar-refractivity contribution in [1.82, 2.24) is 20.4 Å². The number of nitrogens with zero attached hydrogens (tertiary/aromatic N) is 4. The molecular weight excluding hydrogens is 380 g/mol. The van der Waals surface area contributed by atoms with Gasteiger partial charge >= 0.3 is 0 Å². The van der Waals surface area contributed by atoms with Gasteiger partial charge in [0.25, 0.3) is 0 Å². The minimum atomic E-state index is -0.0369. The van der Waals surface area contributed by atoms with E-state index in [0.717, 1.165) is 49.9 Å². The molecule has 0 spiro atoms. The Morgan fingerprint density at radius 2 is 1.27 bits per heavy atom. The zero-order valence-electron chi connectivity index (χ0n) is 17.7. The summed E-state index contributed by atoms with van der Waals surface area (Å²) in [6.07, 6.45) is 6.71. The van der Waals surface area contributed by atoms with Crippen LogP contribution in [0, 0.1) is 0 Å². The van der Waals surface area contributed by atoms with Gasteiger partial charge in [-0.15, -0.1) is 10.2 Å². The second-order valence-electron chi connectivity index (χ2n) is 7.84. The Morgan fingerprint density at radius 1 is 0.800 bits per heavy atom. The van der Waals surface area contributed by atoms with Gasteiger partial charge in [-0.2, -0.15) is 10.2 Å². The number of hydrogen-bond donors (Lipinski definition) is 2. The number of carbonyl (C=O) groups excluding carboxylic acids is 2. The van der Waals surface area contributed by atoms with Crippen LogP contribution in [-0.2, 0) is 9.59 Å². The number of anilines is 2. The summed E-state index contributed by atoms with van der Waals surface area (Å²) in [6.45, 7) is 3.93. The first-order valence-corrected chi connectivity index (χ1v) is 10.9. The molecule has 8 heteroatoms. The van der Waals surface area contributed by atoms with Crippen molar-refractivity contribution < 1.29 is 9.59 Å². The Kier molecular flexibility index (Phi) is 7.82. The fourth-order valence-corrected chi connectivity index (χ4v) is 3.85. The van der Waals surface area contributed by atoms with E-state index in [1.54, 1.807) is 0 Å². The predicted molar refractivity (Wildman–Crippen MR) is 115 cm³/mol. The number of amides is 2. The Bertz CT molecular complexity index is 768. The van der Waals surface area contributed by atoms with Crippen LogP contribution in [0.1, 0.15) is 88.4 Å². The Balaban J connectivity index is 1.59. The topological polar surface area (TPSA) is 110 Å². The first-order chi connectivity index (χ1) is 14.6. The largest absolute Gasteiger partial charge is 0.309 e. The van der Waals surface area contributed by atoms with E-state index in [9.17, 15) is 9.59 Å². The lowest BCUT2D eigenvalue weighted by molar-refractivity contribution is -0.117. The molecule has 1 aliphatic carbocycles. The molecule has 0 radical (unpaired) electrons. The van der Waals surface area contributed by atoms with Crippen molar-refractivity contribution in [2.24, 2.45) is 0 Å². The second kappa shape index (κ2) is 10.8. The van der Waals surface area contributed by atoms with Crippen LogP contribution in [0.5, 0.6) is 0 Å². The van der Waals surface area contributed by atoms with Gasteiger partial charge in [0, 0.05) is 24.7 Å². The molecule has 1 saturated carbocycles. The Morgan fingerprint density at radius 3 is 1.63 bits per heavy atom. The van der Waals surface area contributed by atoms with Gasteiger partial charge in [-0.1, -0.05) is 20.3 Å². The summed E-state index contributed by atoms with van der Waals surface area (Å²) in [5.74, 6) is 1.53. The molecule has 0 saturated heterocycles. The summed E-state index contributed by atoms with van der Waals surface area (Å²) in [7, 11) is 0. The van der Waals surface area contributed by atoms with Gasteiger partial charge < -0.3 is 10.6 Å². The van der Waals surface area contributed by atoms with Crippen molar-refractivity contribution in [2.75, 3.05) is 10.6 Å². The van der Waals surface area contributed by atoms with Gasteiger partial charge in [-0.3, -0.25) is 9.59 Å². The first-order valence-electron chi connectivity index (χ1n) is 10.9. The molecule has 1 aliphatic rings. The van der Waals surface area contributed by atoms with Gasteiger partial charge in [-0.25, -0.2) is 0 Å². The Hall–Kier alpha value is -2.90. The average Bonchev–Trinajstić information content (AvgIpc) is 2.75. The molecule has 0 aliphatic heterocycles. The van der Waals surface area contributed by atoms with Crippen molar-refractivity contribution in [3.63, 3.8) is 0 Å². The Labute approximate surface area is 177 Å². The average molecular weight is 411 g/mol. The third-order valence-electron chi connectivity index (χ3n) is 5.37. The van der Waals surface area contributed by atoms with E-state index in [1.165, 1.54) is 0 Å². The first kappa shape index (κ1) is 21.8. The van der Waals surface area contributed by atoms with Gasteiger partial charge in [0.05, 0.1) is 11.4 Å². The van der Waals surface area contributed by atoms with Crippen LogP contribution in [0.3, 0.4) is 0 Å². The molecule has 0 bridgehead atoms. The van der Waals surface area contributed by atoms with Crippen LogP contribution in [0.15, 0.2) is 24.3 Å². The highest BCUT2D eigenvalue weighted by Gasteiger charge is 2.26. The van der Waals surface area contributed by atoms with Crippen LogP contribution in [0.2, 0.25) is 0 Å². The third-order valence-corrected chi connectivity index (χ3v) is 5.37. The maximum Gasteiger partial charge on any atom is 0.225 e. The van der Waals surface area contributed by atoms with Crippen LogP contribution in [-0.4, -0.2) is 32.2 Å². The zero-order chi connectivity index (χ0) is 21.3. The lowest BCUT2D eigenvalue weighted by Crippen LogP contribution is -2.17. The fourth-order valence-electron chi connectivity index (χ4n) is 3.85. The molecule has 2 atom stereocenters. The maximum atomic E-state index is 11.7. The van der Waals surface area contributed by atoms with Crippen LogP contribution >= 0.6 is 0 Å². The van der Waals surface area contributed by atoms with Crippen molar-refractivity contribution in [3.05, 3.63) is 35.7 Å². The summed E-state index contributed by atoms with van der Waals surface area (Å²) in [5.41, 5.74) is 1.90. The maximum absolute atomic E-state index is 11.7. The van der Waals surface area contributed by atoms with E-state index in [1.807, 2.05) is 38.1 Å². The van der Waals surface area contributed by atoms with Crippen molar-refractivity contribution in [1.29, 1.82) is 0 Å². The minimum absolute atomic E-state index is 0.0369. The summed E-state index contributed by atoms with van der Waals surface area (Å²) in [6, 6.07) is 7.57. The molecule has 30 heavy (non-hydrogen) atoms. The normalized spacial score (nSPS) is 18.6. The van der Waals surface area contributed by atoms with E-state index >= 15 is 0 Å². The summed E-state index contributed by atoms with van der Waals surface area (Å²) in [5, 5.41) is 22.6. The number of hydrogen-bond acceptors (Lipinski definition) is 6. The van der Waals surface area contributed by atoms with E-state index in [-0.39, 0.29) is 11.8 Å². The highest BCUT2D eigenvalue weighted by atomic mass is 16.2. The molecule has 3 rings (SSSR count). The lowest BCUT2D eigenvalue weighted by atomic mass is 9.78. The number of rotatable bonds is 8. The quantitative estimate of drug-likeness (QED) is 0.675. The molecule has 2 N–H and O–H groups in total. The summed E-state index contributed by atoms with van der Waals surface area (Å²) < 4.78 is 0. The molecule has 8 nitrogen and oxygen atoms in total. The number of carbonyl (C=O) groups is 2. The molecule has 2 heterocycles. The molecule has 1 fully saturated rings. The van der Waals surface area contributed by atoms with E-state index in [4.69, 9.17) is 0 Å². The summed E-state index contributed by atoms with van der Waals surface area (Å²) >= 11 is 0. The SMILES string of the molecule is CCCC(=O)Nc1ccc([C@@H]2CCC[C@@H](c3ccc(NC(=O)CCC)nn3)C2)nn1. The highest BCUT2D eigenvalue weighted by Crippen LogP contribution is 2.40. The van der Waals surface area contributed by atoms with E-state index in [0.29, 0.717) is 36.3 Å². The second-order valence-corrected chi connectivity index (χ2v) is 7.84. The van der Waals surface area contributed by atoms with Crippen molar-refractivity contribution in [2.45, 2.75) is 77.0 Å². The minimum Gasteiger partial charge on any atom is -0.309 e. The molecule has 2 aromatic rings. The third kappa shape index (κ3) is 6.05. The van der Waals surface area contributed by atoms with E-state index < -0.39 is 0 Å². The fraction of sp³-hybridized carbons (Fsp3) is 0.545. The predicted octanol–water partition coefficient (Wildman–Crippen LogP) is 4.19. The molecule has 2 amide bonds. The highest BCUT2D eigenvalue weighted by molar-refractivity contribution is 5.90. The van der Waals surface area contributed by atoms with Crippen LogP contribution in [0.4, 0.5) is 11.6 Å². The monoisotopic (exact) mass is 410 g/mol. The zero-order valence-corrected chi connectivity index (χ0v) is 17.7. The van der Waals surface area contributed by atoms with Crippen LogP contribution < -0.4 is 10.6 Å². The molecule has 0 aromatic carbocycles. The van der Waals surface area contributed by atoms with Gasteiger partial charge in [0.1, 0.15) is 0 Å². The smallest absolute Gasteiger partial charge is 0.225 e. The summed E-state index contributed by atoms with van der Waals surface area (Å²) in [4.78, 5) is 23.4. The van der Waals surface area contributed by atoms with Gasteiger partial charge in [0.15, 0.2) is 11.6 Å². The van der Waals surface area contributed by atoms with Gasteiger partial charge in [-0.05, 0) is 56.4 Å². The molecule has 2 aromatic heterocycles. The van der Waals surface area contributed by atoms with Crippen LogP contribution in [0.25, 0.3) is 0 Å². The van der Waals surface area contributed by atoms with E-state index in [2.05, 4.69) is 31.0 Å². The standard InChI is InChI=1S/C22H30N6O2/c1-3-6-21(29)23-19-12-10-17(25-27-19)15-8-5-9-16(14-15)18-11-13-20(28-26-18)24-22(30)7-4-2/h10-13,15-16H,3-9,14H2,1-2H3,(H,23,27,29)(H,24,28,30)/t15-,16-/m1/s1. The molecule has 160 valence electrons. The van der Waals surface area contributed by atoms with Gasteiger partial charge in [0.2, 0.25) is 11.8 Å². The van der Waals surface area contributed by atoms with Crippen molar-refractivity contribution >= 4 is 23.5 Å². The van der Waals surface area contributed by atoms with Crippen molar-refractivity contribution in [3.8, 4) is 0 Å². The number of nitrogens with one attached hydrogen (secondary N) is 2.